The molecule has 2 aliphatic heterocycles. The third-order valence-electron chi connectivity index (χ3n) is 4.97. The Labute approximate surface area is 180 Å². The first-order valence-electron chi connectivity index (χ1n) is 9.41. The number of methoxy groups -OCH3 is 1. The maximum absolute atomic E-state index is 12.9. The van der Waals surface area contributed by atoms with E-state index in [9.17, 15) is 4.79 Å². The second-order valence-corrected chi connectivity index (χ2v) is 8.55. The molecule has 0 radical (unpaired) electrons. The predicted molar refractivity (Wildman–Crippen MR) is 121 cm³/mol. The fourth-order valence-electron chi connectivity index (χ4n) is 3.30. The fraction of sp³-hybridized carbons (Fsp3) is 0.217. The molecule has 2 aliphatic rings. The van der Waals surface area contributed by atoms with Gasteiger partial charge in [0.15, 0.2) is 0 Å². The molecule has 1 atom stereocenters. The Morgan fingerprint density at radius 1 is 1.21 bits per heavy atom. The average molecular weight is 424 g/mol. The number of fused-ring (bicyclic) bond motifs is 1. The number of ether oxygens (including phenoxy) is 2. The summed E-state index contributed by atoms with van der Waals surface area (Å²) in [4.78, 5) is 15.2. The standard InChI is InChI=1S/C23H21NO3S2/c1-15-18(13-17-5-3-4-6-20(17)27-15)14-21-22(25)24(23(28)29-21)12-11-16-7-9-19(26-2)10-8-16/h3-10,13-15H,11-12H2,1-2H3/b21-14-. The first-order valence-corrected chi connectivity index (χ1v) is 10.6. The number of hydrogen-bond donors (Lipinski definition) is 0. The highest BCUT2D eigenvalue weighted by Crippen LogP contribution is 2.35. The maximum atomic E-state index is 12.9. The van der Waals surface area contributed by atoms with Gasteiger partial charge in [-0.05, 0) is 54.8 Å². The van der Waals surface area contributed by atoms with E-state index in [1.165, 1.54) is 11.8 Å². The van der Waals surface area contributed by atoms with E-state index < -0.39 is 0 Å². The van der Waals surface area contributed by atoms with Crippen LogP contribution >= 0.6 is 24.0 Å². The summed E-state index contributed by atoms with van der Waals surface area (Å²) >= 11 is 6.82. The number of thiocarbonyl (C=S) groups is 1. The van der Waals surface area contributed by atoms with E-state index in [4.69, 9.17) is 21.7 Å². The lowest BCUT2D eigenvalue weighted by Crippen LogP contribution is -2.30. The number of carbonyl (C=O) groups excluding carboxylic acids is 1. The Hall–Kier alpha value is -2.57. The number of rotatable bonds is 5. The van der Waals surface area contributed by atoms with Crippen molar-refractivity contribution >= 4 is 40.3 Å². The molecule has 1 saturated heterocycles. The summed E-state index contributed by atoms with van der Waals surface area (Å²) in [5.74, 6) is 1.64. The molecule has 29 heavy (non-hydrogen) atoms. The van der Waals surface area contributed by atoms with Gasteiger partial charge in [-0.15, -0.1) is 0 Å². The van der Waals surface area contributed by atoms with Gasteiger partial charge in [0.25, 0.3) is 5.91 Å². The summed E-state index contributed by atoms with van der Waals surface area (Å²) in [5.41, 5.74) is 3.13. The zero-order valence-corrected chi connectivity index (χ0v) is 17.9. The number of benzene rings is 2. The van der Waals surface area contributed by atoms with Crippen molar-refractivity contribution in [3.8, 4) is 11.5 Å². The smallest absolute Gasteiger partial charge is 0.266 e. The minimum atomic E-state index is -0.118. The summed E-state index contributed by atoms with van der Waals surface area (Å²) in [6, 6.07) is 15.8. The number of para-hydroxylation sites is 1. The van der Waals surface area contributed by atoms with Gasteiger partial charge in [0, 0.05) is 12.1 Å². The summed E-state index contributed by atoms with van der Waals surface area (Å²) in [6.07, 6.45) is 4.60. The van der Waals surface area contributed by atoms with Crippen LogP contribution < -0.4 is 9.47 Å². The van der Waals surface area contributed by atoms with Gasteiger partial charge in [0.05, 0.1) is 12.0 Å². The Balaban J connectivity index is 1.48. The maximum Gasteiger partial charge on any atom is 0.266 e. The normalized spacial score (nSPS) is 19.8. The molecule has 1 amide bonds. The van der Waals surface area contributed by atoms with Crippen LogP contribution in [0.15, 0.2) is 65.1 Å². The van der Waals surface area contributed by atoms with Crippen molar-refractivity contribution < 1.29 is 14.3 Å². The lowest BCUT2D eigenvalue weighted by Gasteiger charge is -2.23. The Bertz CT molecular complexity index is 1010. The van der Waals surface area contributed by atoms with Crippen molar-refractivity contribution in [3.05, 3.63) is 76.2 Å². The van der Waals surface area contributed by atoms with Crippen LogP contribution in [-0.4, -0.2) is 34.9 Å². The molecule has 1 fully saturated rings. The van der Waals surface area contributed by atoms with Crippen LogP contribution in [0, 0.1) is 0 Å². The van der Waals surface area contributed by atoms with Gasteiger partial charge in [-0.25, -0.2) is 0 Å². The topological polar surface area (TPSA) is 38.8 Å². The third kappa shape index (κ3) is 4.23. The van der Waals surface area contributed by atoms with Crippen LogP contribution in [0.25, 0.3) is 6.08 Å². The molecule has 6 heteroatoms. The van der Waals surface area contributed by atoms with Crippen LogP contribution in [0.4, 0.5) is 0 Å². The molecule has 0 saturated carbocycles. The van der Waals surface area contributed by atoms with Crippen LogP contribution in [0.3, 0.4) is 0 Å². The lowest BCUT2D eigenvalue weighted by molar-refractivity contribution is -0.122. The molecule has 148 valence electrons. The summed E-state index contributed by atoms with van der Waals surface area (Å²) in [6.45, 7) is 2.55. The van der Waals surface area contributed by atoms with E-state index in [1.807, 2.05) is 61.5 Å². The number of hydrogen-bond acceptors (Lipinski definition) is 5. The van der Waals surface area contributed by atoms with Crippen molar-refractivity contribution in [2.24, 2.45) is 0 Å². The first-order chi connectivity index (χ1) is 14.0. The summed E-state index contributed by atoms with van der Waals surface area (Å²) < 4.78 is 11.8. The Morgan fingerprint density at radius 2 is 1.97 bits per heavy atom. The highest BCUT2D eigenvalue weighted by Gasteiger charge is 2.32. The monoisotopic (exact) mass is 423 g/mol. The second kappa shape index (κ2) is 8.43. The largest absolute Gasteiger partial charge is 0.497 e. The van der Waals surface area contributed by atoms with Crippen LogP contribution in [0.1, 0.15) is 18.1 Å². The molecule has 2 aromatic rings. The zero-order valence-electron chi connectivity index (χ0n) is 16.3. The molecular formula is C23H21NO3S2. The average Bonchev–Trinajstić information content (AvgIpc) is 3.00. The number of amides is 1. The third-order valence-corrected chi connectivity index (χ3v) is 6.35. The quantitative estimate of drug-likeness (QED) is 0.508. The highest BCUT2D eigenvalue weighted by molar-refractivity contribution is 8.26. The Morgan fingerprint density at radius 3 is 2.72 bits per heavy atom. The van der Waals surface area contributed by atoms with Gasteiger partial charge in [-0.3, -0.25) is 9.69 Å². The van der Waals surface area contributed by atoms with Crippen molar-refractivity contribution in [3.63, 3.8) is 0 Å². The molecule has 1 unspecified atom stereocenters. The van der Waals surface area contributed by atoms with Crippen LogP contribution in [0.5, 0.6) is 11.5 Å². The number of thioether (sulfide) groups is 1. The molecule has 0 N–H and O–H groups in total. The molecule has 0 spiro atoms. The van der Waals surface area contributed by atoms with Crippen molar-refractivity contribution in [2.45, 2.75) is 19.4 Å². The molecule has 0 bridgehead atoms. The van der Waals surface area contributed by atoms with E-state index in [0.717, 1.165) is 34.6 Å². The number of nitrogens with zero attached hydrogens (tertiary/aromatic N) is 1. The van der Waals surface area contributed by atoms with E-state index >= 15 is 0 Å². The summed E-state index contributed by atoms with van der Waals surface area (Å²) in [7, 11) is 1.65. The van der Waals surface area contributed by atoms with Gasteiger partial charge in [-0.2, -0.15) is 0 Å². The minimum absolute atomic E-state index is 0.0412. The molecule has 2 heterocycles. The van der Waals surface area contributed by atoms with E-state index in [-0.39, 0.29) is 12.0 Å². The van der Waals surface area contributed by atoms with E-state index in [2.05, 4.69) is 6.08 Å². The highest BCUT2D eigenvalue weighted by atomic mass is 32.2. The second-order valence-electron chi connectivity index (χ2n) is 6.87. The molecular weight excluding hydrogens is 402 g/mol. The fourth-order valence-corrected chi connectivity index (χ4v) is 4.61. The van der Waals surface area contributed by atoms with Crippen molar-refractivity contribution in [2.75, 3.05) is 13.7 Å². The molecule has 4 nitrogen and oxygen atoms in total. The van der Waals surface area contributed by atoms with Gasteiger partial charge >= 0.3 is 0 Å². The van der Waals surface area contributed by atoms with Gasteiger partial charge in [-0.1, -0.05) is 54.3 Å². The van der Waals surface area contributed by atoms with Crippen LogP contribution in [-0.2, 0) is 11.2 Å². The molecule has 2 aromatic carbocycles. The van der Waals surface area contributed by atoms with Crippen molar-refractivity contribution in [1.82, 2.24) is 4.90 Å². The van der Waals surface area contributed by atoms with Crippen LogP contribution in [0.2, 0.25) is 0 Å². The van der Waals surface area contributed by atoms with Gasteiger partial charge in [0.2, 0.25) is 0 Å². The Kier molecular flexibility index (Phi) is 5.74. The lowest BCUT2D eigenvalue weighted by atomic mass is 10.0. The SMILES string of the molecule is COc1ccc(CCN2C(=O)/C(=C/C3=Cc4ccccc4OC3C)SC2=S)cc1. The van der Waals surface area contributed by atoms with E-state index in [1.54, 1.807) is 12.0 Å². The minimum Gasteiger partial charge on any atom is -0.497 e. The predicted octanol–water partition coefficient (Wildman–Crippen LogP) is 4.85. The van der Waals surface area contributed by atoms with Gasteiger partial charge < -0.3 is 9.47 Å². The first kappa shape index (κ1) is 19.7. The molecule has 4 rings (SSSR count). The molecule has 0 aliphatic carbocycles. The van der Waals surface area contributed by atoms with E-state index in [0.29, 0.717) is 15.8 Å². The molecule has 0 aromatic heterocycles. The zero-order chi connectivity index (χ0) is 20.4. The van der Waals surface area contributed by atoms with Crippen molar-refractivity contribution in [1.29, 1.82) is 0 Å². The summed E-state index contributed by atoms with van der Waals surface area (Å²) in [5, 5.41) is 0. The van der Waals surface area contributed by atoms with Gasteiger partial charge in [0.1, 0.15) is 21.9 Å². The number of carbonyl (C=O) groups is 1.